The van der Waals surface area contributed by atoms with Gasteiger partial charge in [0.1, 0.15) is 10.8 Å². The highest BCUT2D eigenvalue weighted by molar-refractivity contribution is 6.34. The zero-order chi connectivity index (χ0) is 13.8. The molecule has 0 spiro atoms. The average molecular weight is 301 g/mol. The highest BCUT2D eigenvalue weighted by atomic mass is 35.5. The van der Waals surface area contributed by atoms with E-state index in [2.05, 4.69) is 17.2 Å². The van der Waals surface area contributed by atoms with Crippen LogP contribution in [0.2, 0.25) is 10.2 Å². The molecular weight excluding hydrogens is 283 g/mol. The van der Waals surface area contributed by atoms with Crippen LogP contribution in [0.25, 0.3) is 0 Å². The molecule has 1 heterocycles. The van der Waals surface area contributed by atoms with Gasteiger partial charge in [-0.05, 0) is 36.8 Å². The summed E-state index contributed by atoms with van der Waals surface area (Å²) in [4.78, 5) is 16.0. The van der Waals surface area contributed by atoms with Crippen molar-refractivity contribution in [1.29, 1.82) is 0 Å². The predicted octanol–water partition coefficient (Wildman–Crippen LogP) is 3.94. The lowest BCUT2D eigenvalue weighted by Gasteiger charge is -2.26. The van der Waals surface area contributed by atoms with E-state index in [1.165, 1.54) is 25.7 Å². The third kappa shape index (κ3) is 4.08. The second-order valence-corrected chi connectivity index (χ2v) is 6.11. The molecule has 2 atom stereocenters. The van der Waals surface area contributed by atoms with Crippen molar-refractivity contribution in [3.05, 3.63) is 28.0 Å². The zero-order valence-electron chi connectivity index (χ0n) is 11.0. The molecule has 1 N–H and O–H groups in total. The fourth-order valence-corrected chi connectivity index (χ4v) is 2.98. The lowest BCUT2D eigenvalue weighted by Crippen LogP contribution is -2.32. The number of halogens is 2. The number of nitrogens with zero attached hydrogens (tertiary/aromatic N) is 1. The van der Waals surface area contributed by atoms with Crippen LogP contribution in [0.4, 0.5) is 0 Å². The van der Waals surface area contributed by atoms with Crippen LogP contribution in [-0.4, -0.2) is 17.4 Å². The third-order valence-corrected chi connectivity index (χ3v) is 4.14. The van der Waals surface area contributed by atoms with Gasteiger partial charge in [-0.25, -0.2) is 4.98 Å². The zero-order valence-corrected chi connectivity index (χ0v) is 12.5. The van der Waals surface area contributed by atoms with Crippen molar-refractivity contribution < 1.29 is 4.79 Å². The second kappa shape index (κ2) is 6.58. The van der Waals surface area contributed by atoms with E-state index in [1.54, 1.807) is 12.1 Å². The Labute approximate surface area is 123 Å². The van der Waals surface area contributed by atoms with Gasteiger partial charge in [0.15, 0.2) is 0 Å². The van der Waals surface area contributed by atoms with Crippen LogP contribution in [0.3, 0.4) is 0 Å². The Morgan fingerprint density at radius 1 is 1.42 bits per heavy atom. The van der Waals surface area contributed by atoms with Gasteiger partial charge in [0.2, 0.25) is 0 Å². The molecule has 3 nitrogen and oxygen atoms in total. The fourth-order valence-electron chi connectivity index (χ4n) is 2.64. The summed E-state index contributed by atoms with van der Waals surface area (Å²) in [6.07, 6.45) is 4.91. The van der Waals surface area contributed by atoms with Crippen molar-refractivity contribution in [1.82, 2.24) is 10.3 Å². The molecule has 1 aromatic rings. The largest absolute Gasteiger partial charge is 0.350 e. The molecule has 19 heavy (non-hydrogen) atoms. The third-order valence-electron chi connectivity index (χ3n) is 3.62. The first-order valence-corrected chi connectivity index (χ1v) is 7.42. The van der Waals surface area contributed by atoms with E-state index in [0.717, 1.165) is 5.92 Å². The van der Waals surface area contributed by atoms with E-state index in [4.69, 9.17) is 23.2 Å². The molecule has 0 radical (unpaired) electrons. The Morgan fingerprint density at radius 2 is 2.21 bits per heavy atom. The second-order valence-electron chi connectivity index (χ2n) is 5.31. The van der Waals surface area contributed by atoms with Crippen LogP contribution in [0, 0.1) is 11.8 Å². The number of hydrogen-bond acceptors (Lipinski definition) is 2. The summed E-state index contributed by atoms with van der Waals surface area (Å²) < 4.78 is 0. The number of amides is 1. The van der Waals surface area contributed by atoms with Gasteiger partial charge < -0.3 is 5.32 Å². The summed E-state index contributed by atoms with van der Waals surface area (Å²) in [6.45, 7) is 2.96. The normalized spacial score (nSPS) is 23.1. The molecule has 1 amide bonds. The van der Waals surface area contributed by atoms with Crippen molar-refractivity contribution in [2.75, 3.05) is 6.54 Å². The Bertz CT molecular complexity index is 465. The summed E-state index contributed by atoms with van der Waals surface area (Å²) in [5.74, 6) is 1.07. The van der Waals surface area contributed by atoms with Crippen molar-refractivity contribution in [2.24, 2.45) is 11.8 Å². The standard InChI is InChI=1S/C14H18Cl2N2O/c1-9-3-2-4-10(7-9)8-17-14(19)13-11(15)5-6-12(16)18-13/h5-6,9-10H,2-4,7-8H2,1H3,(H,17,19). The summed E-state index contributed by atoms with van der Waals surface area (Å²) in [6, 6.07) is 3.16. The van der Waals surface area contributed by atoms with Gasteiger partial charge in [-0.3, -0.25) is 4.79 Å². The summed E-state index contributed by atoms with van der Waals surface area (Å²) in [7, 11) is 0. The van der Waals surface area contributed by atoms with E-state index in [0.29, 0.717) is 17.5 Å². The molecule has 104 valence electrons. The number of hydrogen-bond donors (Lipinski definition) is 1. The number of pyridine rings is 1. The van der Waals surface area contributed by atoms with Gasteiger partial charge in [-0.15, -0.1) is 0 Å². The summed E-state index contributed by atoms with van der Waals surface area (Å²) in [5, 5.41) is 3.52. The van der Waals surface area contributed by atoms with Gasteiger partial charge in [0, 0.05) is 6.54 Å². The van der Waals surface area contributed by atoms with Crippen LogP contribution < -0.4 is 5.32 Å². The van der Waals surface area contributed by atoms with Crippen LogP contribution in [0.1, 0.15) is 43.1 Å². The summed E-state index contributed by atoms with van der Waals surface area (Å²) >= 11 is 11.7. The Kier molecular flexibility index (Phi) is 5.06. The molecule has 0 aromatic carbocycles. The molecule has 0 bridgehead atoms. The molecular formula is C14H18Cl2N2O. The van der Waals surface area contributed by atoms with Crippen molar-refractivity contribution in [3.63, 3.8) is 0 Å². The molecule has 1 saturated carbocycles. The highest BCUT2D eigenvalue weighted by Gasteiger charge is 2.20. The number of aromatic nitrogens is 1. The SMILES string of the molecule is CC1CCCC(CNC(=O)c2nc(Cl)ccc2Cl)C1. The van der Waals surface area contributed by atoms with Crippen LogP contribution in [-0.2, 0) is 0 Å². The minimum Gasteiger partial charge on any atom is -0.350 e. The Morgan fingerprint density at radius 3 is 2.95 bits per heavy atom. The van der Waals surface area contributed by atoms with E-state index in [9.17, 15) is 4.79 Å². The first-order valence-electron chi connectivity index (χ1n) is 6.66. The molecule has 5 heteroatoms. The molecule has 1 aromatic heterocycles. The topological polar surface area (TPSA) is 42.0 Å². The number of carbonyl (C=O) groups excluding carboxylic acids is 1. The van der Waals surface area contributed by atoms with Gasteiger partial charge in [0.25, 0.3) is 5.91 Å². The Hall–Kier alpha value is -0.800. The van der Waals surface area contributed by atoms with Gasteiger partial charge in [-0.1, -0.05) is 43.0 Å². The van der Waals surface area contributed by atoms with Gasteiger partial charge in [-0.2, -0.15) is 0 Å². The van der Waals surface area contributed by atoms with E-state index in [-0.39, 0.29) is 16.8 Å². The lowest BCUT2D eigenvalue weighted by molar-refractivity contribution is 0.0936. The van der Waals surface area contributed by atoms with E-state index in [1.807, 2.05) is 0 Å². The van der Waals surface area contributed by atoms with Crippen LogP contribution >= 0.6 is 23.2 Å². The fraction of sp³-hybridized carbons (Fsp3) is 0.571. The quantitative estimate of drug-likeness (QED) is 0.859. The minimum atomic E-state index is -0.245. The molecule has 1 fully saturated rings. The Balaban J connectivity index is 1.92. The van der Waals surface area contributed by atoms with Crippen molar-refractivity contribution in [2.45, 2.75) is 32.6 Å². The van der Waals surface area contributed by atoms with E-state index < -0.39 is 0 Å². The maximum absolute atomic E-state index is 12.0. The molecule has 0 aliphatic heterocycles. The number of rotatable bonds is 3. The summed E-state index contributed by atoms with van der Waals surface area (Å²) in [5.41, 5.74) is 0.207. The molecule has 2 unspecified atom stereocenters. The van der Waals surface area contributed by atoms with Crippen LogP contribution in [0.5, 0.6) is 0 Å². The highest BCUT2D eigenvalue weighted by Crippen LogP contribution is 2.28. The first-order chi connectivity index (χ1) is 9.06. The van der Waals surface area contributed by atoms with Gasteiger partial charge in [0.05, 0.1) is 5.02 Å². The minimum absolute atomic E-state index is 0.207. The molecule has 1 aliphatic rings. The monoisotopic (exact) mass is 300 g/mol. The maximum atomic E-state index is 12.0. The lowest BCUT2D eigenvalue weighted by atomic mass is 9.82. The maximum Gasteiger partial charge on any atom is 0.271 e. The van der Waals surface area contributed by atoms with Crippen molar-refractivity contribution in [3.8, 4) is 0 Å². The van der Waals surface area contributed by atoms with E-state index >= 15 is 0 Å². The number of nitrogens with one attached hydrogen (secondary N) is 1. The smallest absolute Gasteiger partial charge is 0.271 e. The molecule has 1 aliphatic carbocycles. The van der Waals surface area contributed by atoms with Crippen LogP contribution in [0.15, 0.2) is 12.1 Å². The molecule has 2 rings (SSSR count). The first kappa shape index (κ1) is 14.6. The number of carbonyl (C=O) groups is 1. The molecule has 0 saturated heterocycles. The average Bonchev–Trinajstić information content (AvgIpc) is 2.39. The van der Waals surface area contributed by atoms with Gasteiger partial charge >= 0.3 is 0 Å². The predicted molar refractivity (Wildman–Crippen MR) is 77.7 cm³/mol. The van der Waals surface area contributed by atoms with Crippen molar-refractivity contribution >= 4 is 29.1 Å².